The summed E-state index contributed by atoms with van der Waals surface area (Å²) in [4.78, 5) is 10.8. The third kappa shape index (κ3) is 7.14. The summed E-state index contributed by atoms with van der Waals surface area (Å²) in [5, 5.41) is 0. The molecule has 0 aromatic carbocycles. The largest absolute Gasteiger partial charge is 0.456 e. The van der Waals surface area contributed by atoms with Crippen molar-refractivity contribution in [2.75, 3.05) is 6.61 Å². The predicted molar refractivity (Wildman–Crippen MR) is 48.5 cm³/mol. The van der Waals surface area contributed by atoms with Crippen molar-refractivity contribution >= 4 is 5.97 Å². The predicted octanol–water partition coefficient (Wildman–Crippen LogP) is 1.99. The third-order valence-electron chi connectivity index (χ3n) is 1.19. The Labute approximate surface area is 74.3 Å². The molecular formula is C10H16O2. The van der Waals surface area contributed by atoms with Gasteiger partial charge < -0.3 is 4.74 Å². The zero-order valence-electron chi connectivity index (χ0n) is 8.02. The zero-order chi connectivity index (χ0) is 9.40. The molecule has 2 nitrogen and oxygen atoms in total. The number of hydrogen-bond donors (Lipinski definition) is 0. The lowest BCUT2D eigenvalue weighted by Crippen LogP contribution is -2.02. The average Bonchev–Trinajstić information content (AvgIpc) is 2.01. The Hall–Kier alpha value is -0.970. The third-order valence-corrected chi connectivity index (χ3v) is 1.19. The minimum absolute atomic E-state index is 0.226. The second-order valence-electron chi connectivity index (χ2n) is 2.91. The highest BCUT2D eigenvalue weighted by atomic mass is 16.5. The van der Waals surface area contributed by atoms with Crippen LogP contribution in [0.25, 0.3) is 0 Å². The maximum absolute atomic E-state index is 10.8. The molecule has 0 aliphatic heterocycles. The van der Waals surface area contributed by atoms with Crippen molar-refractivity contribution in [1.29, 1.82) is 0 Å². The molecule has 0 fully saturated rings. The summed E-state index contributed by atoms with van der Waals surface area (Å²) in [6, 6.07) is 0. The molecule has 0 N–H and O–H groups in total. The van der Waals surface area contributed by atoms with Crippen molar-refractivity contribution in [1.82, 2.24) is 0 Å². The lowest BCUT2D eigenvalue weighted by Gasteiger charge is -1.96. The molecule has 0 atom stereocenters. The molecule has 0 aliphatic carbocycles. The molecule has 0 heterocycles. The first kappa shape index (κ1) is 11.0. The Morgan fingerprint density at radius 2 is 2.17 bits per heavy atom. The van der Waals surface area contributed by atoms with E-state index in [-0.39, 0.29) is 5.92 Å². The van der Waals surface area contributed by atoms with Gasteiger partial charge in [0.15, 0.2) is 0 Å². The maximum Gasteiger partial charge on any atom is 0.384 e. The van der Waals surface area contributed by atoms with Crippen molar-refractivity contribution in [3.63, 3.8) is 0 Å². The number of carbonyl (C=O) groups excluding carboxylic acids is 1. The van der Waals surface area contributed by atoms with Gasteiger partial charge >= 0.3 is 5.97 Å². The van der Waals surface area contributed by atoms with Crippen molar-refractivity contribution < 1.29 is 9.53 Å². The van der Waals surface area contributed by atoms with Crippen LogP contribution in [0.4, 0.5) is 0 Å². The van der Waals surface area contributed by atoms with Crippen LogP contribution in [-0.2, 0) is 9.53 Å². The van der Waals surface area contributed by atoms with E-state index in [0.717, 1.165) is 12.8 Å². The first-order valence-electron chi connectivity index (χ1n) is 4.35. The first-order valence-corrected chi connectivity index (χ1v) is 4.35. The van der Waals surface area contributed by atoms with Crippen LogP contribution in [0.1, 0.15) is 33.6 Å². The molecule has 0 aromatic heterocycles. The highest BCUT2D eigenvalue weighted by Crippen LogP contribution is 1.89. The van der Waals surface area contributed by atoms with Crippen LogP contribution in [0.3, 0.4) is 0 Å². The van der Waals surface area contributed by atoms with Crippen LogP contribution in [0, 0.1) is 17.8 Å². The van der Waals surface area contributed by atoms with Crippen molar-refractivity contribution in [3.05, 3.63) is 0 Å². The van der Waals surface area contributed by atoms with Gasteiger partial charge in [-0.15, -0.1) is 0 Å². The van der Waals surface area contributed by atoms with Gasteiger partial charge in [0.25, 0.3) is 0 Å². The van der Waals surface area contributed by atoms with Crippen LogP contribution in [-0.4, -0.2) is 12.6 Å². The van der Waals surface area contributed by atoms with Gasteiger partial charge in [0.2, 0.25) is 0 Å². The van der Waals surface area contributed by atoms with E-state index in [1.165, 1.54) is 0 Å². The van der Waals surface area contributed by atoms with Crippen molar-refractivity contribution in [3.8, 4) is 11.8 Å². The number of esters is 1. The van der Waals surface area contributed by atoms with E-state index in [9.17, 15) is 4.79 Å². The average molecular weight is 168 g/mol. The minimum atomic E-state index is -0.405. The molecule has 2 heteroatoms. The summed E-state index contributed by atoms with van der Waals surface area (Å²) in [6.07, 6.45) is 1.94. The fraction of sp³-hybridized carbons (Fsp3) is 0.700. The number of carbonyl (C=O) groups is 1. The van der Waals surface area contributed by atoms with Gasteiger partial charge in [-0.2, -0.15) is 0 Å². The molecule has 0 amide bonds. The Kier molecular flexibility index (Phi) is 6.18. The number of rotatable bonds is 3. The second-order valence-corrected chi connectivity index (χ2v) is 2.91. The SMILES string of the molecule is CCCCOC(=O)C#CC(C)C. The number of unbranched alkanes of at least 4 members (excludes halogenated alkanes) is 1. The van der Waals surface area contributed by atoms with Crippen LogP contribution in [0.5, 0.6) is 0 Å². The van der Waals surface area contributed by atoms with E-state index in [2.05, 4.69) is 11.8 Å². The Morgan fingerprint density at radius 3 is 2.67 bits per heavy atom. The molecule has 0 aromatic rings. The summed E-state index contributed by atoms with van der Waals surface area (Å²) in [7, 11) is 0. The standard InChI is InChI=1S/C10H16O2/c1-4-5-8-12-10(11)7-6-9(2)3/h9H,4-5,8H2,1-3H3. The fourth-order valence-electron chi connectivity index (χ4n) is 0.549. The summed E-state index contributed by atoms with van der Waals surface area (Å²) in [5.74, 6) is 5.00. The number of ether oxygens (including phenoxy) is 1. The molecule has 0 bridgehead atoms. The fourth-order valence-corrected chi connectivity index (χ4v) is 0.549. The van der Waals surface area contributed by atoms with Gasteiger partial charge in [0.1, 0.15) is 0 Å². The molecular weight excluding hydrogens is 152 g/mol. The Balaban J connectivity index is 3.55. The molecule has 0 rings (SSSR count). The zero-order valence-corrected chi connectivity index (χ0v) is 8.02. The highest BCUT2D eigenvalue weighted by Gasteiger charge is 1.94. The Morgan fingerprint density at radius 1 is 1.50 bits per heavy atom. The smallest absolute Gasteiger partial charge is 0.384 e. The quantitative estimate of drug-likeness (QED) is 0.279. The number of hydrogen-bond acceptors (Lipinski definition) is 2. The van der Waals surface area contributed by atoms with E-state index in [0.29, 0.717) is 6.61 Å². The van der Waals surface area contributed by atoms with Gasteiger partial charge in [0.05, 0.1) is 6.61 Å². The molecule has 12 heavy (non-hydrogen) atoms. The summed E-state index contributed by atoms with van der Waals surface area (Å²) >= 11 is 0. The van der Waals surface area contributed by atoms with Gasteiger partial charge in [-0.25, -0.2) is 4.79 Å². The molecule has 0 aliphatic rings. The van der Waals surface area contributed by atoms with Crippen LogP contribution >= 0.6 is 0 Å². The summed E-state index contributed by atoms with van der Waals surface area (Å²) < 4.78 is 4.82. The van der Waals surface area contributed by atoms with E-state index in [1.807, 2.05) is 20.8 Å². The van der Waals surface area contributed by atoms with Crippen molar-refractivity contribution in [2.45, 2.75) is 33.6 Å². The molecule has 0 spiro atoms. The molecule has 0 saturated heterocycles. The molecule has 0 radical (unpaired) electrons. The van der Waals surface area contributed by atoms with Crippen molar-refractivity contribution in [2.24, 2.45) is 5.92 Å². The molecule has 68 valence electrons. The van der Waals surface area contributed by atoms with Gasteiger partial charge in [-0.05, 0) is 6.42 Å². The van der Waals surface area contributed by atoms with Crippen LogP contribution < -0.4 is 0 Å². The summed E-state index contributed by atoms with van der Waals surface area (Å²) in [6.45, 7) is 6.41. The lowest BCUT2D eigenvalue weighted by atomic mass is 10.2. The Bertz CT molecular complexity index is 184. The molecule has 0 saturated carbocycles. The molecule has 0 unspecified atom stereocenters. The van der Waals surface area contributed by atoms with E-state index in [4.69, 9.17) is 4.74 Å². The first-order chi connectivity index (χ1) is 5.66. The van der Waals surface area contributed by atoms with E-state index in [1.54, 1.807) is 0 Å². The maximum atomic E-state index is 10.8. The van der Waals surface area contributed by atoms with Crippen LogP contribution in [0.15, 0.2) is 0 Å². The summed E-state index contributed by atoms with van der Waals surface area (Å²) in [5.41, 5.74) is 0. The second kappa shape index (κ2) is 6.72. The monoisotopic (exact) mass is 168 g/mol. The van der Waals surface area contributed by atoms with E-state index >= 15 is 0 Å². The van der Waals surface area contributed by atoms with Gasteiger partial charge in [0, 0.05) is 11.8 Å². The van der Waals surface area contributed by atoms with Crippen LogP contribution in [0.2, 0.25) is 0 Å². The van der Waals surface area contributed by atoms with E-state index < -0.39 is 5.97 Å². The minimum Gasteiger partial charge on any atom is -0.456 e. The van der Waals surface area contributed by atoms with Gasteiger partial charge in [-0.1, -0.05) is 33.1 Å². The van der Waals surface area contributed by atoms with Gasteiger partial charge in [-0.3, -0.25) is 0 Å². The topological polar surface area (TPSA) is 26.3 Å². The lowest BCUT2D eigenvalue weighted by molar-refractivity contribution is -0.136. The normalized spacial score (nSPS) is 9.00. The highest BCUT2D eigenvalue weighted by molar-refractivity contribution is 5.88.